The lowest BCUT2D eigenvalue weighted by Crippen LogP contribution is -2.43. The van der Waals surface area contributed by atoms with E-state index in [1.165, 1.54) is 30.2 Å². The summed E-state index contributed by atoms with van der Waals surface area (Å²) in [5.41, 5.74) is 0.227. The van der Waals surface area contributed by atoms with Gasteiger partial charge in [-0.2, -0.15) is 0 Å². The van der Waals surface area contributed by atoms with E-state index in [1.54, 1.807) is 29.2 Å². The van der Waals surface area contributed by atoms with Crippen LogP contribution >= 0.6 is 0 Å². The summed E-state index contributed by atoms with van der Waals surface area (Å²) in [6.07, 6.45) is 7.77. The zero-order valence-corrected chi connectivity index (χ0v) is 15.5. The number of nitrogens with one attached hydrogen (secondary N) is 2. The molecule has 8 nitrogen and oxygen atoms in total. The average molecular weight is 386 g/mol. The molecule has 148 valence electrons. The normalized spacial score (nSPS) is 20.4. The number of hydrogen-bond acceptors (Lipinski definition) is 4. The molecule has 1 aromatic carbocycles. The molecule has 2 fully saturated rings. The summed E-state index contributed by atoms with van der Waals surface area (Å²) in [5, 5.41) is 9.54. The van der Waals surface area contributed by atoms with Crippen LogP contribution in [0.25, 0.3) is 0 Å². The van der Waals surface area contributed by atoms with Crippen molar-refractivity contribution < 1.29 is 14.0 Å². The van der Waals surface area contributed by atoms with Crippen molar-refractivity contribution in [2.75, 3.05) is 16.8 Å². The first kappa shape index (κ1) is 18.4. The minimum atomic E-state index is -0.708. The van der Waals surface area contributed by atoms with Gasteiger partial charge in [0.1, 0.15) is 18.2 Å². The van der Waals surface area contributed by atoms with Crippen molar-refractivity contribution in [2.24, 2.45) is 0 Å². The van der Waals surface area contributed by atoms with E-state index in [9.17, 15) is 14.0 Å². The summed E-state index contributed by atoms with van der Waals surface area (Å²) in [4.78, 5) is 30.3. The van der Waals surface area contributed by atoms with Crippen molar-refractivity contribution in [3.05, 3.63) is 36.4 Å². The first-order valence-corrected chi connectivity index (χ1v) is 9.66. The molecule has 4 rings (SSSR count). The Hall–Kier alpha value is -2.97. The average Bonchev–Trinajstić information content (AvgIpc) is 3.30. The van der Waals surface area contributed by atoms with Gasteiger partial charge < -0.3 is 10.2 Å². The second-order valence-electron chi connectivity index (χ2n) is 7.22. The third kappa shape index (κ3) is 3.83. The maximum Gasteiger partial charge on any atom is 0.322 e. The number of halogens is 1. The first-order chi connectivity index (χ1) is 13.6. The molecule has 0 radical (unpaired) electrons. The van der Waals surface area contributed by atoms with Gasteiger partial charge in [-0.1, -0.05) is 31.4 Å². The summed E-state index contributed by atoms with van der Waals surface area (Å²) in [6, 6.07) is 5.18. The molecule has 1 unspecified atom stereocenters. The molecule has 1 aromatic heterocycles. The van der Waals surface area contributed by atoms with Crippen LogP contribution in [0, 0.1) is 5.82 Å². The van der Waals surface area contributed by atoms with Crippen LogP contribution in [0.4, 0.5) is 20.8 Å². The molecule has 28 heavy (non-hydrogen) atoms. The second kappa shape index (κ2) is 7.95. The molecule has 1 aliphatic heterocycles. The Morgan fingerprint density at radius 2 is 1.93 bits per heavy atom. The number of rotatable bonds is 4. The van der Waals surface area contributed by atoms with Crippen LogP contribution in [-0.2, 0) is 4.79 Å². The third-order valence-corrected chi connectivity index (χ3v) is 5.34. The molecular weight excluding hydrogens is 363 g/mol. The van der Waals surface area contributed by atoms with Gasteiger partial charge in [0.2, 0.25) is 11.9 Å². The van der Waals surface area contributed by atoms with E-state index in [-0.39, 0.29) is 17.5 Å². The van der Waals surface area contributed by atoms with Gasteiger partial charge in [-0.05, 0) is 31.4 Å². The number of amides is 3. The molecule has 0 bridgehead atoms. The van der Waals surface area contributed by atoms with Crippen molar-refractivity contribution in [2.45, 2.75) is 50.6 Å². The summed E-state index contributed by atoms with van der Waals surface area (Å²) in [5.74, 6) is -0.584. The van der Waals surface area contributed by atoms with Gasteiger partial charge in [-0.3, -0.25) is 10.1 Å². The number of carbonyl (C=O) groups is 2. The highest BCUT2D eigenvalue weighted by Crippen LogP contribution is 2.27. The number of hydrogen-bond donors (Lipinski definition) is 2. The molecule has 1 saturated carbocycles. The molecule has 2 aliphatic rings. The van der Waals surface area contributed by atoms with Crippen LogP contribution in [-0.4, -0.2) is 39.3 Å². The number of nitrogens with zero attached hydrogens (tertiary/aromatic N) is 4. The number of urea groups is 1. The molecule has 2 heterocycles. The minimum absolute atomic E-state index is 0.208. The smallest absolute Gasteiger partial charge is 0.322 e. The highest BCUT2D eigenvalue weighted by atomic mass is 19.1. The molecule has 2 aromatic rings. The van der Waals surface area contributed by atoms with Gasteiger partial charge in [0, 0.05) is 6.54 Å². The van der Waals surface area contributed by atoms with Crippen molar-refractivity contribution in [3.8, 4) is 0 Å². The van der Waals surface area contributed by atoms with Gasteiger partial charge in [0.25, 0.3) is 0 Å². The lowest BCUT2D eigenvalue weighted by atomic mass is 9.96. The maximum absolute atomic E-state index is 13.9. The Morgan fingerprint density at radius 3 is 2.71 bits per heavy atom. The topological polar surface area (TPSA) is 92.2 Å². The Labute approximate surface area is 162 Å². The SMILES string of the molecule is O=C(Nc1ncn(C2CCCCC2)n1)NC1CCN(c2ccccc2F)C1=O. The van der Waals surface area contributed by atoms with Crippen LogP contribution < -0.4 is 15.5 Å². The summed E-state index contributed by atoms with van der Waals surface area (Å²) >= 11 is 0. The highest BCUT2D eigenvalue weighted by molar-refractivity contribution is 6.02. The molecule has 1 atom stereocenters. The fourth-order valence-corrected chi connectivity index (χ4v) is 3.87. The Bertz CT molecular complexity index is 864. The lowest BCUT2D eigenvalue weighted by Gasteiger charge is -2.21. The predicted octanol–water partition coefficient (Wildman–Crippen LogP) is 2.85. The van der Waals surface area contributed by atoms with Crippen LogP contribution in [0.15, 0.2) is 30.6 Å². The molecule has 1 saturated heterocycles. The van der Waals surface area contributed by atoms with Crippen LogP contribution in [0.1, 0.15) is 44.6 Å². The third-order valence-electron chi connectivity index (χ3n) is 5.34. The predicted molar refractivity (Wildman–Crippen MR) is 101 cm³/mol. The summed E-state index contributed by atoms with van der Waals surface area (Å²) in [7, 11) is 0. The quantitative estimate of drug-likeness (QED) is 0.845. The zero-order chi connectivity index (χ0) is 19.5. The number of anilines is 2. The van der Waals surface area contributed by atoms with E-state index < -0.39 is 17.9 Å². The number of aromatic nitrogens is 3. The van der Waals surface area contributed by atoms with Gasteiger partial charge >= 0.3 is 6.03 Å². The maximum atomic E-state index is 13.9. The summed E-state index contributed by atoms with van der Waals surface area (Å²) < 4.78 is 15.7. The fraction of sp³-hybridized carbons (Fsp3) is 0.474. The van der Waals surface area contributed by atoms with Gasteiger partial charge in [0.05, 0.1) is 11.7 Å². The van der Waals surface area contributed by atoms with Crippen molar-refractivity contribution >= 4 is 23.6 Å². The molecule has 2 N–H and O–H groups in total. The van der Waals surface area contributed by atoms with E-state index in [2.05, 4.69) is 20.7 Å². The fourth-order valence-electron chi connectivity index (χ4n) is 3.87. The second-order valence-corrected chi connectivity index (χ2v) is 7.22. The molecule has 1 aliphatic carbocycles. The molecular formula is C19H23FN6O2. The van der Waals surface area contributed by atoms with Crippen molar-refractivity contribution in [1.29, 1.82) is 0 Å². The van der Waals surface area contributed by atoms with E-state index in [1.807, 2.05) is 0 Å². The van der Waals surface area contributed by atoms with E-state index in [4.69, 9.17) is 0 Å². The number of para-hydroxylation sites is 1. The Kier molecular flexibility index (Phi) is 5.23. The van der Waals surface area contributed by atoms with Crippen LogP contribution in [0.3, 0.4) is 0 Å². The van der Waals surface area contributed by atoms with Gasteiger partial charge in [0.15, 0.2) is 0 Å². The largest absolute Gasteiger partial charge is 0.326 e. The van der Waals surface area contributed by atoms with Crippen LogP contribution in [0.5, 0.6) is 0 Å². The van der Waals surface area contributed by atoms with Gasteiger partial charge in [-0.25, -0.2) is 18.9 Å². The minimum Gasteiger partial charge on any atom is -0.326 e. The number of benzene rings is 1. The zero-order valence-electron chi connectivity index (χ0n) is 15.5. The Balaban J connectivity index is 1.34. The molecule has 3 amide bonds. The first-order valence-electron chi connectivity index (χ1n) is 9.66. The lowest BCUT2D eigenvalue weighted by molar-refractivity contribution is -0.118. The monoisotopic (exact) mass is 386 g/mol. The van der Waals surface area contributed by atoms with Crippen molar-refractivity contribution in [3.63, 3.8) is 0 Å². The van der Waals surface area contributed by atoms with Crippen LogP contribution in [0.2, 0.25) is 0 Å². The standard InChI is InChI=1S/C19H23FN6O2/c20-14-8-4-5-9-16(14)25-11-10-15(17(25)27)22-19(28)23-18-21-12-26(24-18)13-6-2-1-3-7-13/h4-5,8-9,12-13,15H,1-3,6-7,10-11H2,(H2,22,23,24,28). The van der Waals surface area contributed by atoms with E-state index in [0.29, 0.717) is 19.0 Å². The summed E-state index contributed by atoms with van der Waals surface area (Å²) in [6.45, 7) is 0.346. The molecule has 9 heteroatoms. The van der Waals surface area contributed by atoms with E-state index >= 15 is 0 Å². The molecule has 0 spiro atoms. The highest BCUT2D eigenvalue weighted by Gasteiger charge is 2.34. The Morgan fingerprint density at radius 1 is 1.14 bits per heavy atom. The van der Waals surface area contributed by atoms with E-state index in [0.717, 1.165) is 12.8 Å². The van der Waals surface area contributed by atoms with Crippen molar-refractivity contribution in [1.82, 2.24) is 20.1 Å². The van der Waals surface area contributed by atoms with Gasteiger partial charge in [-0.15, -0.1) is 5.10 Å². The number of carbonyl (C=O) groups excluding carboxylic acids is 2.